The zero-order chi connectivity index (χ0) is 13.2. The summed E-state index contributed by atoms with van der Waals surface area (Å²) in [4.78, 5) is 21.4. The summed E-state index contributed by atoms with van der Waals surface area (Å²) in [6.07, 6.45) is 1.57. The summed E-state index contributed by atoms with van der Waals surface area (Å²) >= 11 is 1.55. The van der Waals surface area contributed by atoms with E-state index in [4.69, 9.17) is 0 Å². The van der Waals surface area contributed by atoms with Crippen molar-refractivity contribution in [2.75, 3.05) is 12.4 Å². The van der Waals surface area contributed by atoms with Crippen molar-refractivity contribution in [3.8, 4) is 0 Å². The van der Waals surface area contributed by atoms with Crippen molar-refractivity contribution in [2.24, 2.45) is 0 Å². The molecule has 0 aliphatic rings. The molecule has 0 amide bonds. The molecule has 96 valence electrons. The van der Waals surface area contributed by atoms with E-state index in [1.54, 1.807) is 23.6 Å². The topological polar surface area (TPSA) is 72.7 Å². The first-order valence-electron chi connectivity index (χ1n) is 5.72. The fourth-order valence-corrected chi connectivity index (χ4v) is 2.58. The molecule has 0 spiro atoms. The zero-order valence-corrected chi connectivity index (χ0v) is 11.0. The summed E-state index contributed by atoms with van der Waals surface area (Å²) in [5.74, 6) is 1.34. The predicted octanol–water partition coefficient (Wildman–Crippen LogP) is 1.34. The van der Waals surface area contributed by atoms with E-state index < -0.39 is 0 Å². The maximum Gasteiger partial charge on any atom is 0.267 e. The second kappa shape index (κ2) is 4.77. The first-order valence-corrected chi connectivity index (χ1v) is 6.60. The van der Waals surface area contributed by atoms with Crippen LogP contribution in [0.2, 0.25) is 0 Å². The molecule has 1 N–H and O–H groups in total. The molecule has 0 saturated heterocycles. The highest BCUT2D eigenvalue weighted by Crippen LogP contribution is 2.24. The second-order valence-electron chi connectivity index (χ2n) is 3.90. The molecule has 0 unspecified atom stereocenters. The molecule has 19 heavy (non-hydrogen) atoms. The minimum Gasteiger partial charge on any atom is -0.372 e. The highest BCUT2D eigenvalue weighted by molar-refractivity contribution is 7.16. The van der Waals surface area contributed by atoms with Gasteiger partial charge in [0.25, 0.3) is 5.56 Å². The van der Waals surface area contributed by atoms with Crippen molar-refractivity contribution in [1.82, 2.24) is 19.7 Å². The maximum absolute atomic E-state index is 11.6. The molecule has 0 atom stereocenters. The smallest absolute Gasteiger partial charge is 0.267 e. The monoisotopic (exact) mass is 273 g/mol. The van der Waals surface area contributed by atoms with E-state index in [9.17, 15) is 4.79 Å². The molecular weight excluding hydrogens is 262 g/mol. The third-order valence-corrected chi connectivity index (χ3v) is 3.49. The lowest BCUT2D eigenvalue weighted by molar-refractivity contribution is 0.617. The molecule has 0 aliphatic carbocycles. The maximum atomic E-state index is 11.6. The van der Waals surface area contributed by atoms with Gasteiger partial charge in [0.15, 0.2) is 5.82 Å². The van der Waals surface area contributed by atoms with Crippen LogP contribution in [0.3, 0.4) is 0 Å². The average molecular weight is 273 g/mol. The summed E-state index contributed by atoms with van der Waals surface area (Å²) in [5, 5.41) is 10.0. The van der Waals surface area contributed by atoms with Gasteiger partial charge in [-0.2, -0.15) is 5.10 Å². The number of nitrogens with zero attached hydrogens (tertiary/aromatic N) is 4. The van der Waals surface area contributed by atoms with E-state index in [0.717, 1.165) is 16.0 Å². The van der Waals surface area contributed by atoms with Crippen molar-refractivity contribution >= 4 is 27.4 Å². The van der Waals surface area contributed by atoms with Crippen LogP contribution in [0.1, 0.15) is 5.82 Å². The second-order valence-corrected chi connectivity index (χ2v) is 4.79. The summed E-state index contributed by atoms with van der Waals surface area (Å²) in [7, 11) is 1.82. The van der Waals surface area contributed by atoms with Crippen molar-refractivity contribution in [3.05, 3.63) is 46.0 Å². The van der Waals surface area contributed by atoms with Crippen LogP contribution in [0.5, 0.6) is 0 Å². The number of fused-ring (bicyclic) bond motifs is 1. The molecular formula is C12H11N5OS. The molecule has 6 nitrogen and oxygen atoms in total. The summed E-state index contributed by atoms with van der Waals surface area (Å²) in [5.41, 5.74) is -0.164. The number of thiophene rings is 1. The zero-order valence-electron chi connectivity index (χ0n) is 10.2. The molecule has 3 rings (SSSR count). The Labute approximate surface area is 112 Å². The van der Waals surface area contributed by atoms with Gasteiger partial charge in [0.2, 0.25) is 0 Å². The number of hydrogen-bond acceptors (Lipinski definition) is 6. The third-order valence-electron chi connectivity index (χ3n) is 2.68. The van der Waals surface area contributed by atoms with Gasteiger partial charge in [-0.25, -0.2) is 14.6 Å². The van der Waals surface area contributed by atoms with Crippen LogP contribution in [-0.2, 0) is 6.54 Å². The number of rotatable bonds is 3. The fraction of sp³-hybridized carbons (Fsp3) is 0.167. The molecule has 3 aromatic rings. The molecule has 0 fully saturated rings. The van der Waals surface area contributed by atoms with Crippen LogP contribution in [0.25, 0.3) is 10.2 Å². The molecule has 0 aliphatic heterocycles. The summed E-state index contributed by atoms with van der Waals surface area (Å²) in [6, 6.07) is 5.05. The first kappa shape index (κ1) is 11.8. The Bertz CT molecular complexity index is 779. The van der Waals surface area contributed by atoms with E-state index in [2.05, 4.69) is 20.4 Å². The predicted molar refractivity (Wildman–Crippen MR) is 74.6 cm³/mol. The van der Waals surface area contributed by atoms with Crippen LogP contribution in [0, 0.1) is 0 Å². The van der Waals surface area contributed by atoms with Crippen molar-refractivity contribution in [1.29, 1.82) is 0 Å². The van der Waals surface area contributed by atoms with Crippen molar-refractivity contribution < 1.29 is 0 Å². The molecule has 3 heterocycles. The van der Waals surface area contributed by atoms with Crippen LogP contribution >= 0.6 is 11.3 Å². The van der Waals surface area contributed by atoms with Crippen molar-refractivity contribution in [3.63, 3.8) is 0 Å². The Morgan fingerprint density at radius 1 is 1.37 bits per heavy atom. The Hall–Kier alpha value is -2.28. The number of nitrogens with one attached hydrogen (secondary N) is 1. The quantitative estimate of drug-likeness (QED) is 0.779. The van der Waals surface area contributed by atoms with E-state index >= 15 is 0 Å². The SMILES string of the molecule is CNc1nc(Cn2ncccc2=O)nc2sccc12. The lowest BCUT2D eigenvalue weighted by Gasteiger charge is -2.06. The molecule has 7 heteroatoms. The number of aromatic nitrogens is 4. The van der Waals surface area contributed by atoms with Crippen LogP contribution < -0.4 is 10.9 Å². The van der Waals surface area contributed by atoms with Crippen LogP contribution in [0.4, 0.5) is 5.82 Å². The van der Waals surface area contributed by atoms with E-state index in [-0.39, 0.29) is 12.1 Å². The van der Waals surface area contributed by atoms with E-state index in [0.29, 0.717) is 5.82 Å². The van der Waals surface area contributed by atoms with Crippen LogP contribution in [-0.4, -0.2) is 26.8 Å². The van der Waals surface area contributed by atoms with Gasteiger partial charge in [-0.3, -0.25) is 4.79 Å². The molecule has 3 aromatic heterocycles. The van der Waals surface area contributed by atoms with E-state index in [1.807, 2.05) is 18.5 Å². The average Bonchev–Trinajstić information content (AvgIpc) is 2.89. The minimum absolute atomic E-state index is 0.164. The van der Waals surface area contributed by atoms with Gasteiger partial charge >= 0.3 is 0 Å². The minimum atomic E-state index is -0.164. The molecule has 0 aromatic carbocycles. The molecule has 0 bridgehead atoms. The highest BCUT2D eigenvalue weighted by atomic mass is 32.1. The van der Waals surface area contributed by atoms with Gasteiger partial charge in [0.05, 0.1) is 5.39 Å². The summed E-state index contributed by atoms with van der Waals surface area (Å²) < 4.78 is 1.34. The Morgan fingerprint density at radius 3 is 3.05 bits per heavy atom. The Morgan fingerprint density at radius 2 is 2.26 bits per heavy atom. The molecule has 0 radical (unpaired) electrons. The standard InChI is InChI=1S/C12H11N5OS/c1-13-11-8-4-6-19-12(8)16-9(15-11)7-17-10(18)3-2-5-14-17/h2-6H,7H2,1H3,(H,13,15,16). The van der Waals surface area contributed by atoms with Crippen LogP contribution in [0.15, 0.2) is 34.6 Å². The van der Waals surface area contributed by atoms with E-state index in [1.165, 1.54) is 10.7 Å². The van der Waals surface area contributed by atoms with Gasteiger partial charge in [0, 0.05) is 19.3 Å². The van der Waals surface area contributed by atoms with Gasteiger partial charge < -0.3 is 5.32 Å². The molecule has 0 saturated carbocycles. The lowest BCUT2D eigenvalue weighted by Crippen LogP contribution is -2.22. The normalized spacial score (nSPS) is 10.8. The summed E-state index contributed by atoms with van der Waals surface area (Å²) in [6.45, 7) is 0.266. The lowest BCUT2D eigenvalue weighted by atomic mass is 10.3. The van der Waals surface area contributed by atoms with Crippen molar-refractivity contribution in [2.45, 2.75) is 6.54 Å². The Balaban J connectivity index is 2.06. The first-order chi connectivity index (χ1) is 9.28. The van der Waals surface area contributed by atoms with Gasteiger partial charge in [-0.1, -0.05) is 0 Å². The highest BCUT2D eigenvalue weighted by Gasteiger charge is 2.09. The number of anilines is 1. The van der Waals surface area contributed by atoms with Gasteiger partial charge in [-0.15, -0.1) is 11.3 Å². The van der Waals surface area contributed by atoms with Gasteiger partial charge in [-0.05, 0) is 17.5 Å². The third kappa shape index (κ3) is 2.19. The largest absolute Gasteiger partial charge is 0.372 e. The Kier molecular flexibility index (Phi) is 2.96. The fourth-order valence-electron chi connectivity index (χ4n) is 1.80. The number of hydrogen-bond donors (Lipinski definition) is 1. The van der Waals surface area contributed by atoms with Gasteiger partial charge in [0.1, 0.15) is 17.2 Å².